The number of rotatable bonds is 3. The number of hydrogen-bond donors (Lipinski definition) is 0. The lowest BCUT2D eigenvalue weighted by molar-refractivity contribution is -0.141. The summed E-state index contributed by atoms with van der Waals surface area (Å²) in [6, 6.07) is 4.90. The van der Waals surface area contributed by atoms with Crippen LogP contribution in [0.25, 0.3) is 6.08 Å². The average Bonchev–Trinajstić information content (AvgIpc) is 3.09. The topological polar surface area (TPSA) is 57.7 Å². The van der Waals surface area contributed by atoms with Crippen molar-refractivity contribution in [1.29, 1.82) is 0 Å². The number of hydrogen-bond acceptors (Lipinski definition) is 4. The molecule has 1 aromatic carbocycles. The van der Waals surface area contributed by atoms with Crippen molar-refractivity contribution in [2.24, 2.45) is 17.3 Å². The van der Waals surface area contributed by atoms with Gasteiger partial charge in [0.2, 0.25) is 11.8 Å². The molecule has 2 saturated heterocycles. The maximum absolute atomic E-state index is 13.5. The van der Waals surface area contributed by atoms with Gasteiger partial charge in [-0.2, -0.15) is 0 Å². The first kappa shape index (κ1) is 19.1. The van der Waals surface area contributed by atoms with E-state index in [2.05, 4.69) is 22.5 Å². The Morgan fingerprint density at radius 2 is 1.89 bits per heavy atom. The molecule has 2 amide bonds. The lowest BCUT2D eigenvalue weighted by Gasteiger charge is -2.38. The minimum atomic E-state index is -0.663. The fraction of sp³-hybridized carbons (Fsp3) is 0.409. The summed E-state index contributed by atoms with van der Waals surface area (Å²) >= 11 is 3.49. The fourth-order valence-electron chi connectivity index (χ4n) is 4.66. The van der Waals surface area contributed by atoms with Gasteiger partial charge in [-0.3, -0.25) is 19.3 Å². The zero-order valence-corrected chi connectivity index (χ0v) is 17.8. The van der Waals surface area contributed by atoms with Crippen molar-refractivity contribution < 1.29 is 14.4 Å². The van der Waals surface area contributed by atoms with Crippen molar-refractivity contribution in [2.45, 2.75) is 32.9 Å². The van der Waals surface area contributed by atoms with Gasteiger partial charge in [-0.25, -0.2) is 0 Å². The maximum atomic E-state index is 13.5. The molecule has 2 fully saturated rings. The Hall–Kier alpha value is -2.21. The molecule has 0 saturated carbocycles. The van der Waals surface area contributed by atoms with E-state index >= 15 is 0 Å². The van der Waals surface area contributed by atoms with E-state index in [0.29, 0.717) is 0 Å². The van der Waals surface area contributed by atoms with Gasteiger partial charge in [0, 0.05) is 22.1 Å². The second-order valence-electron chi connectivity index (χ2n) is 8.65. The lowest BCUT2D eigenvalue weighted by atomic mass is 9.79. The third-order valence-corrected chi connectivity index (χ3v) is 6.37. The number of nitrogens with zero attached hydrogens (tertiary/aromatic N) is 2. The van der Waals surface area contributed by atoms with Crippen LogP contribution < -0.4 is 4.90 Å². The monoisotopic (exact) mass is 442 g/mol. The molecule has 0 bridgehead atoms. The molecule has 6 heteroatoms. The van der Waals surface area contributed by atoms with Gasteiger partial charge in [0.05, 0.1) is 17.9 Å². The number of carbonyl (C=O) groups excluding carboxylic acids is 3. The highest BCUT2D eigenvalue weighted by Gasteiger charge is 2.64. The highest BCUT2D eigenvalue weighted by molar-refractivity contribution is 9.10. The SMILES string of the molecule is C=CCN1C(=O)[C@H]2[C@H](C1=O)[C@@H](C(=O)C(C)(C)C)N1c3ccc(Br)cc3C=C[C@H]21. The summed E-state index contributed by atoms with van der Waals surface area (Å²) in [5.74, 6) is -1.70. The normalized spacial score (nSPS) is 28.3. The molecule has 3 heterocycles. The Labute approximate surface area is 173 Å². The number of Topliss-reactive ketones (excluding diaryl/α,β-unsaturated/α-hetero) is 1. The highest BCUT2D eigenvalue weighted by Crippen LogP contribution is 2.50. The number of amides is 2. The second kappa shape index (κ2) is 6.41. The zero-order chi connectivity index (χ0) is 20.4. The van der Waals surface area contributed by atoms with E-state index in [1.165, 1.54) is 4.90 Å². The second-order valence-corrected chi connectivity index (χ2v) is 9.56. The molecular weight excluding hydrogens is 420 g/mol. The molecular formula is C22H23BrN2O3. The first-order valence-corrected chi connectivity index (χ1v) is 10.2. The summed E-state index contributed by atoms with van der Waals surface area (Å²) in [6.45, 7) is 9.43. The van der Waals surface area contributed by atoms with Gasteiger partial charge in [0.25, 0.3) is 0 Å². The van der Waals surface area contributed by atoms with Gasteiger partial charge in [-0.05, 0) is 23.8 Å². The number of halogens is 1. The number of ketones is 1. The first-order chi connectivity index (χ1) is 13.2. The van der Waals surface area contributed by atoms with E-state index in [9.17, 15) is 14.4 Å². The van der Waals surface area contributed by atoms with Crippen LogP contribution in [0.2, 0.25) is 0 Å². The minimum absolute atomic E-state index is 0.0178. The summed E-state index contributed by atoms with van der Waals surface area (Å²) in [5.41, 5.74) is 1.24. The maximum Gasteiger partial charge on any atom is 0.236 e. The van der Waals surface area contributed by atoms with Crippen molar-refractivity contribution in [1.82, 2.24) is 4.90 Å². The summed E-state index contributed by atoms with van der Waals surface area (Å²) in [7, 11) is 0. The van der Waals surface area contributed by atoms with E-state index in [1.807, 2.05) is 56.0 Å². The quantitative estimate of drug-likeness (QED) is 0.531. The Morgan fingerprint density at radius 1 is 1.21 bits per heavy atom. The molecule has 0 unspecified atom stereocenters. The molecule has 0 radical (unpaired) electrons. The highest BCUT2D eigenvalue weighted by atomic mass is 79.9. The predicted octanol–water partition coefficient (Wildman–Crippen LogP) is 3.44. The van der Waals surface area contributed by atoms with Crippen LogP contribution in [0.1, 0.15) is 26.3 Å². The predicted molar refractivity (Wildman–Crippen MR) is 112 cm³/mol. The van der Waals surface area contributed by atoms with Crippen molar-refractivity contribution in [3.63, 3.8) is 0 Å². The van der Waals surface area contributed by atoms with Crippen LogP contribution in [0.4, 0.5) is 5.69 Å². The molecule has 146 valence electrons. The van der Waals surface area contributed by atoms with E-state index in [0.717, 1.165) is 15.7 Å². The largest absolute Gasteiger partial charge is 0.353 e. The van der Waals surface area contributed by atoms with Crippen LogP contribution in [0.3, 0.4) is 0 Å². The number of benzene rings is 1. The van der Waals surface area contributed by atoms with Crippen LogP contribution in [-0.4, -0.2) is 41.1 Å². The third-order valence-electron chi connectivity index (χ3n) is 5.88. The number of imide groups is 1. The summed E-state index contributed by atoms with van der Waals surface area (Å²) in [5, 5.41) is 0. The molecule has 3 aliphatic heterocycles. The van der Waals surface area contributed by atoms with Crippen LogP contribution >= 0.6 is 15.9 Å². The fourth-order valence-corrected chi connectivity index (χ4v) is 5.04. The van der Waals surface area contributed by atoms with Crippen molar-refractivity contribution in [3.8, 4) is 0 Å². The summed E-state index contributed by atoms with van der Waals surface area (Å²) in [6.07, 6.45) is 5.50. The van der Waals surface area contributed by atoms with Gasteiger partial charge < -0.3 is 4.90 Å². The van der Waals surface area contributed by atoms with Crippen LogP contribution in [-0.2, 0) is 14.4 Å². The molecule has 0 aliphatic carbocycles. The summed E-state index contributed by atoms with van der Waals surface area (Å²) < 4.78 is 0.941. The molecule has 3 aliphatic rings. The Balaban J connectivity index is 1.88. The lowest BCUT2D eigenvalue weighted by Crippen LogP contribution is -2.51. The van der Waals surface area contributed by atoms with Crippen molar-refractivity contribution in [2.75, 3.05) is 11.4 Å². The summed E-state index contributed by atoms with van der Waals surface area (Å²) in [4.78, 5) is 43.0. The Bertz CT molecular complexity index is 930. The van der Waals surface area contributed by atoms with E-state index in [-0.39, 0.29) is 30.2 Å². The molecule has 4 atom stereocenters. The van der Waals surface area contributed by atoms with E-state index < -0.39 is 23.3 Å². The number of anilines is 1. The Morgan fingerprint density at radius 3 is 2.54 bits per heavy atom. The standard InChI is InChI=1S/C22H23BrN2O3/c1-5-10-24-20(27)16-15-8-6-12-11-13(23)7-9-14(12)25(15)18(17(16)21(24)28)19(26)22(2,3)4/h5-9,11,15-18H,1,10H2,2-4H3/t15-,16-,17+,18+/m1/s1. The van der Waals surface area contributed by atoms with Crippen LogP contribution in [0.5, 0.6) is 0 Å². The molecule has 0 spiro atoms. The first-order valence-electron chi connectivity index (χ1n) is 9.43. The van der Waals surface area contributed by atoms with Crippen molar-refractivity contribution in [3.05, 3.63) is 47.0 Å². The Kier molecular flexibility index (Phi) is 4.38. The number of fused-ring (bicyclic) bond motifs is 5. The molecule has 5 nitrogen and oxygen atoms in total. The minimum Gasteiger partial charge on any atom is -0.353 e. The number of carbonyl (C=O) groups is 3. The molecule has 4 rings (SSSR count). The van der Waals surface area contributed by atoms with Gasteiger partial charge in [-0.1, -0.05) is 54.9 Å². The van der Waals surface area contributed by atoms with Gasteiger partial charge in [0.1, 0.15) is 6.04 Å². The van der Waals surface area contributed by atoms with Gasteiger partial charge in [0.15, 0.2) is 5.78 Å². The van der Waals surface area contributed by atoms with Gasteiger partial charge in [-0.15, -0.1) is 6.58 Å². The van der Waals surface area contributed by atoms with Crippen LogP contribution in [0.15, 0.2) is 41.4 Å². The van der Waals surface area contributed by atoms with Crippen molar-refractivity contribution >= 4 is 45.3 Å². The van der Waals surface area contributed by atoms with E-state index in [4.69, 9.17) is 0 Å². The molecule has 1 aromatic rings. The van der Waals surface area contributed by atoms with E-state index in [1.54, 1.807) is 6.08 Å². The van der Waals surface area contributed by atoms with Crippen LogP contribution in [0, 0.1) is 17.3 Å². The number of likely N-dealkylation sites (tertiary alicyclic amines) is 1. The molecule has 28 heavy (non-hydrogen) atoms. The average molecular weight is 443 g/mol. The molecule has 0 aromatic heterocycles. The molecule has 0 N–H and O–H groups in total. The smallest absolute Gasteiger partial charge is 0.236 e. The zero-order valence-electron chi connectivity index (χ0n) is 16.2. The third kappa shape index (κ3) is 2.61. The van der Waals surface area contributed by atoms with Gasteiger partial charge >= 0.3 is 0 Å².